The molecule has 0 spiro atoms. The zero-order valence-electron chi connectivity index (χ0n) is 20.0. The van der Waals surface area contributed by atoms with E-state index in [4.69, 9.17) is 31.2 Å². The number of nitrogens with zero attached hydrogens (tertiary/aromatic N) is 3. The molecule has 2 heterocycles. The Kier molecular flexibility index (Phi) is 7.59. The Labute approximate surface area is 205 Å². The average Bonchev–Trinajstić information content (AvgIpc) is 3.34. The van der Waals surface area contributed by atoms with Crippen molar-refractivity contribution in [3.63, 3.8) is 0 Å². The third-order valence-corrected chi connectivity index (χ3v) is 6.25. The highest BCUT2D eigenvalue weighted by Crippen LogP contribution is 2.37. The maximum absolute atomic E-state index is 5.80. The van der Waals surface area contributed by atoms with Crippen LogP contribution >= 0.6 is 12.2 Å². The van der Waals surface area contributed by atoms with Crippen LogP contribution in [-0.4, -0.2) is 47.0 Å². The zero-order chi connectivity index (χ0) is 24.1. The van der Waals surface area contributed by atoms with Gasteiger partial charge in [-0.3, -0.25) is 0 Å². The number of methoxy groups -OCH3 is 1. The van der Waals surface area contributed by atoms with Gasteiger partial charge in [0.15, 0.2) is 5.11 Å². The Bertz CT molecular complexity index is 1160. The second-order valence-electron chi connectivity index (χ2n) is 8.00. The summed E-state index contributed by atoms with van der Waals surface area (Å²) < 4.78 is 16.7. The van der Waals surface area contributed by atoms with Crippen molar-refractivity contribution in [2.24, 2.45) is 0 Å². The first-order valence-corrected chi connectivity index (χ1v) is 11.9. The van der Waals surface area contributed by atoms with Gasteiger partial charge in [0, 0.05) is 24.9 Å². The summed E-state index contributed by atoms with van der Waals surface area (Å²) in [4.78, 5) is 6.78. The minimum Gasteiger partial charge on any atom is -0.494 e. The van der Waals surface area contributed by atoms with Crippen LogP contribution in [0.4, 0.5) is 0 Å². The fourth-order valence-electron chi connectivity index (χ4n) is 4.02. The summed E-state index contributed by atoms with van der Waals surface area (Å²) in [6, 6.07) is 16.0. The first-order chi connectivity index (χ1) is 16.5. The van der Waals surface area contributed by atoms with Gasteiger partial charge in [-0.15, -0.1) is 0 Å². The monoisotopic (exact) mass is 478 g/mol. The summed E-state index contributed by atoms with van der Waals surface area (Å²) in [6.45, 7) is 7.91. The number of aromatic nitrogens is 2. The van der Waals surface area contributed by atoms with Crippen LogP contribution in [0.2, 0.25) is 0 Å². The Morgan fingerprint density at radius 3 is 2.47 bits per heavy atom. The number of benzene rings is 2. The molecule has 7 nitrogen and oxygen atoms in total. The van der Waals surface area contributed by atoms with Crippen molar-refractivity contribution in [2.75, 3.05) is 26.9 Å². The molecule has 0 bridgehead atoms. The van der Waals surface area contributed by atoms with Crippen LogP contribution in [-0.2, 0) is 11.2 Å². The molecular formula is C26H30N4O3S. The lowest BCUT2D eigenvalue weighted by Gasteiger charge is -2.37. The second-order valence-corrected chi connectivity index (χ2v) is 8.39. The zero-order valence-corrected chi connectivity index (χ0v) is 20.8. The molecule has 1 aromatic heterocycles. The smallest absolute Gasteiger partial charge is 0.258 e. The van der Waals surface area contributed by atoms with E-state index >= 15 is 0 Å². The van der Waals surface area contributed by atoms with Gasteiger partial charge in [-0.2, -0.15) is 4.98 Å². The van der Waals surface area contributed by atoms with Crippen LogP contribution < -0.4 is 10.1 Å². The van der Waals surface area contributed by atoms with E-state index < -0.39 is 0 Å². The third kappa shape index (κ3) is 4.98. The summed E-state index contributed by atoms with van der Waals surface area (Å²) in [5.41, 5.74) is 5.05. The van der Waals surface area contributed by atoms with Crippen molar-refractivity contribution >= 4 is 22.9 Å². The van der Waals surface area contributed by atoms with Crippen LogP contribution in [0.25, 0.3) is 17.0 Å². The molecule has 0 aliphatic carbocycles. The van der Waals surface area contributed by atoms with E-state index in [0.29, 0.717) is 36.6 Å². The van der Waals surface area contributed by atoms with E-state index in [1.54, 1.807) is 7.11 Å². The molecule has 1 aliphatic heterocycles. The highest BCUT2D eigenvalue weighted by Gasteiger charge is 2.34. The average molecular weight is 479 g/mol. The standard InChI is InChI=1S/C26H30N4O3S/c1-5-18-7-9-20(10-8-18)24-28-25(33-29-24)22-17(3)30(15-16-31-4)26(34)27-23(22)19-11-13-21(14-12-19)32-6-2/h7-14,23H,5-6,15-16H2,1-4H3,(H,27,34). The SMILES string of the molecule is CCOc1ccc(C2NC(=S)N(CCOC)C(C)=C2c2nc(-c3ccc(CC)cc3)no2)cc1. The summed E-state index contributed by atoms with van der Waals surface area (Å²) >= 11 is 5.70. The van der Waals surface area contributed by atoms with Gasteiger partial charge in [-0.05, 0) is 55.7 Å². The Morgan fingerprint density at radius 1 is 1.09 bits per heavy atom. The first-order valence-electron chi connectivity index (χ1n) is 11.5. The largest absolute Gasteiger partial charge is 0.494 e. The predicted molar refractivity (Wildman–Crippen MR) is 136 cm³/mol. The summed E-state index contributed by atoms with van der Waals surface area (Å²) in [7, 11) is 1.68. The van der Waals surface area contributed by atoms with Gasteiger partial charge in [0.2, 0.25) is 5.82 Å². The molecule has 0 saturated carbocycles. The lowest BCUT2D eigenvalue weighted by atomic mass is 9.94. The van der Waals surface area contributed by atoms with Crippen LogP contribution in [0.3, 0.4) is 0 Å². The normalized spacial score (nSPS) is 16.1. The lowest BCUT2D eigenvalue weighted by molar-refractivity contribution is 0.183. The first kappa shape index (κ1) is 23.9. The van der Waals surface area contributed by atoms with Gasteiger partial charge in [0.1, 0.15) is 5.75 Å². The number of nitrogens with one attached hydrogen (secondary N) is 1. The van der Waals surface area contributed by atoms with E-state index in [1.165, 1.54) is 5.56 Å². The van der Waals surface area contributed by atoms with Crippen LogP contribution in [0.5, 0.6) is 5.75 Å². The minimum atomic E-state index is -0.238. The molecule has 8 heteroatoms. The number of ether oxygens (including phenoxy) is 2. The van der Waals surface area contributed by atoms with Gasteiger partial charge in [-0.1, -0.05) is 48.5 Å². The molecule has 4 rings (SSSR count). The maximum Gasteiger partial charge on any atom is 0.258 e. The second kappa shape index (κ2) is 10.8. The lowest BCUT2D eigenvalue weighted by Crippen LogP contribution is -2.47. The molecule has 1 atom stereocenters. The van der Waals surface area contributed by atoms with Crippen LogP contribution in [0.1, 0.15) is 43.8 Å². The summed E-state index contributed by atoms with van der Waals surface area (Å²) in [5.74, 6) is 1.84. The molecule has 1 unspecified atom stereocenters. The topological polar surface area (TPSA) is 72.7 Å². The van der Waals surface area contributed by atoms with Gasteiger partial charge >= 0.3 is 0 Å². The molecule has 34 heavy (non-hydrogen) atoms. The summed E-state index contributed by atoms with van der Waals surface area (Å²) in [5, 5.41) is 8.37. The summed E-state index contributed by atoms with van der Waals surface area (Å²) in [6.07, 6.45) is 0.983. The fourth-order valence-corrected chi connectivity index (χ4v) is 4.37. The number of thiocarbonyl (C=S) groups is 1. The van der Waals surface area contributed by atoms with Crippen molar-refractivity contribution < 1.29 is 14.0 Å². The molecule has 0 amide bonds. The van der Waals surface area contributed by atoms with Gasteiger partial charge in [0.05, 0.1) is 24.8 Å². The van der Waals surface area contributed by atoms with Crippen LogP contribution in [0, 0.1) is 0 Å². The Hall–Kier alpha value is -3.23. The Balaban J connectivity index is 1.74. The van der Waals surface area contributed by atoms with Crippen molar-refractivity contribution in [1.82, 2.24) is 20.4 Å². The molecule has 178 valence electrons. The molecule has 0 saturated heterocycles. The highest BCUT2D eigenvalue weighted by molar-refractivity contribution is 7.80. The Morgan fingerprint density at radius 2 is 1.82 bits per heavy atom. The van der Waals surface area contributed by atoms with E-state index in [2.05, 4.69) is 29.5 Å². The van der Waals surface area contributed by atoms with Crippen molar-refractivity contribution in [1.29, 1.82) is 0 Å². The van der Waals surface area contributed by atoms with Crippen molar-refractivity contribution in [3.8, 4) is 17.1 Å². The van der Waals surface area contributed by atoms with Gasteiger partial charge in [0.25, 0.3) is 5.89 Å². The molecule has 2 aromatic carbocycles. The van der Waals surface area contributed by atoms with E-state index in [-0.39, 0.29) is 6.04 Å². The van der Waals surface area contributed by atoms with Crippen molar-refractivity contribution in [2.45, 2.75) is 33.2 Å². The number of hydrogen-bond donors (Lipinski definition) is 1. The molecule has 0 fully saturated rings. The van der Waals surface area contributed by atoms with Gasteiger partial charge in [-0.25, -0.2) is 0 Å². The molecule has 1 aliphatic rings. The predicted octanol–water partition coefficient (Wildman–Crippen LogP) is 5.01. The molecule has 0 radical (unpaired) electrons. The number of aryl methyl sites for hydroxylation is 1. The van der Waals surface area contributed by atoms with Crippen LogP contribution in [0.15, 0.2) is 58.8 Å². The van der Waals surface area contributed by atoms with E-state index in [9.17, 15) is 0 Å². The minimum absolute atomic E-state index is 0.238. The maximum atomic E-state index is 5.80. The van der Waals surface area contributed by atoms with Crippen molar-refractivity contribution in [3.05, 3.63) is 71.2 Å². The molecular weight excluding hydrogens is 448 g/mol. The molecule has 1 N–H and O–H groups in total. The van der Waals surface area contributed by atoms with E-state index in [0.717, 1.165) is 34.6 Å². The van der Waals surface area contributed by atoms with E-state index in [1.807, 2.05) is 55.1 Å². The number of allylic oxidation sites excluding steroid dienone is 1. The quantitative estimate of drug-likeness (QED) is 0.431. The number of rotatable bonds is 9. The highest BCUT2D eigenvalue weighted by atomic mass is 32.1. The third-order valence-electron chi connectivity index (χ3n) is 5.92. The number of hydrogen-bond acceptors (Lipinski definition) is 6. The fraction of sp³-hybridized carbons (Fsp3) is 0.346. The molecule has 3 aromatic rings. The van der Waals surface area contributed by atoms with Gasteiger partial charge < -0.3 is 24.2 Å².